The maximum atomic E-state index is 12.5. The third-order valence-electron chi connectivity index (χ3n) is 3.22. The van der Waals surface area contributed by atoms with Crippen LogP contribution in [0.3, 0.4) is 0 Å². The molecule has 0 fully saturated rings. The second-order valence-electron chi connectivity index (χ2n) is 5.86. The molecule has 1 atom stereocenters. The van der Waals surface area contributed by atoms with Crippen LogP contribution >= 0.6 is 36.4 Å². The Morgan fingerprint density at radius 1 is 1.35 bits per heavy atom. The van der Waals surface area contributed by atoms with Crippen LogP contribution in [0.4, 0.5) is 19.0 Å². The highest BCUT2D eigenvalue weighted by molar-refractivity contribution is 6.32. The number of aromatic nitrogens is 1. The number of carbonyl (C=O) groups excluding carboxylic acids is 1. The fourth-order valence-corrected chi connectivity index (χ4v) is 2.33. The normalized spacial score (nSPS) is 12.0. The molecule has 1 aromatic rings. The number of nitrogens with zero attached hydrogens (tertiary/aromatic N) is 1. The van der Waals surface area contributed by atoms with Crippen LogP contribution in [-0.4, -0.2) is 30.0 Å². The molecule has 1 unspecified atom stereocenters. The van der Waals surface area contributed by atoms with Gasteiger partial charge in [0.25, 0.3) is 0 Å². The van der Waals surface area contributed by atoms with Gasteiger partial charge >= 0.3 is 6.18 Å². The van der Waals surface area contributed by atoms with E-state index in [-0.39, 0.29) is 60.6 Å². The van der Waals surface area contributed by atoms with Crippen LogP contribution in [0, 0.1) is 5.92 Å². The molecule has 1 heterocycles. The molecule has 0 spiro atoms. The van der Waals surface area contributed by atoms with Gasteiger partial charge in [-0.3, -0.25) is 4.79 Å². The topological polar surface area (TPSA) is 80.0 Å². The van der Waals surface area contributed by atoms with Gasteiger partial charge in [0.1, 0.15) is 5.82 Å². The Labute approximate surface area is 168 Å². The Kier molecular flexibility index (Phi) is 13.0. The van der Waals surface area contributed by atoms with Gasteiger partial charge in [-0.15, -0.1) is 24.8 Å². The number of pyridine rings is 1. The zero-order valence-corrected chi connectivity index (χ0v) is 16.8. The minimum Gasteiger partial charge on any atom is -0.368 e. The molecule has 5 nitrogen and oxygen atoms in total. The van der Waals surface area contributed by atoms with E-state index >= 15 is 0 Å². The van der Waals surface area contributed by atoms with Crippen LogP contribution in [-0.2, 0) is 11.0 Å². The fraction of sp³-hybridized carbons (Fsp3) is 0.600. The second-order valence-corrected chi connectivity index (χ2v) is 6.27. The number of anilines is 1. The lowest BCUT2D eigenvalue weighted by Gasteiger charge is -2.19. The van der Waals surface area contributed by atoms with Crippen molar-refractivity contribution in [1.82, 2.24) is 10.3 Å². The number of rotatable bonds is 8. The number of hydrogen-bond donors (Lipinski definition) is 3. The molecule has 152 valence electrons. The van der Waals surface area contributed by atoms with Crippen molar-refractivity contribution in [3.63, 3.8) is 0 Å². The van der Waals surface area contributed by atoms with Gasteiger partial charge in [0.15, 0.2) is 0 Å². The van der Waals surface area contributed by atoms with Crippen molar-refractivity contribution >= 4 is 48.1 Å². The average Bonchev–Trinajstić information content (AvgIpc) is 2.46. The van der Waals surface area contributed by atoms with E-state index in [9.17, 15) is 18.0 Å². The van der Waals surface area contributed by atoms with E-state index in [2.05, 4.69) is 15.6 Å². The molecule has 26 heavy (non-hydrogen) atoms. The van der Waals surface area contributed by atoms with Gasteiger partial charge in [0.05, 0.1) is 10.6 Å². The lowest BCUT2D eigenvalue weighted by atomic mass is 10.0. The molecular formula is C15H24Cl3F3N4O. The summed E-state index contributed by atoms with van der Waals surface area (Å²) in [6, 6.07) is 0.703. The molecule has 0 aliphatic heterocycles. The van der Waals surface area contributed by atoms with Gasteiger partial charge < -0.3 is 16.4 Å². The highest BCUT2D eigenvalue weighted by Gasteiger charge is 2.31. The maximum Gasteiger partial charge on any atom is 0.417 e. The first kappa shape index (κ1) is 27.3. The van der Waals surface area contributed by atoms with Gasteiger partial charge in [0, 0.05) is 31.7 Å². The number of nitrogens with two attached hydrogens (primary N) is 1. The van der Waals surface area contributed by atoms with Crippen LogP contribution < -0.4 is 16.4 Å². The van der Waals surface area contributed by atoms with Crippen molar-refractivity contribution in [3.8, 4) is 0 Å². The molecule has 0 aliphatic rings. The number of alkyl halides is 3. The van der Waals surface area contributed by atoms with Crippen LogP contribution in [0.2, 0.25) is 5.02 Å². The molecule has 1 rings (SSSR count). The minimum absolute atomic E-state index is 0. The quantitative estimate of drug-likeness (QED) is 0.574. The molecule has 0 aliphatic carbocycles. The Hall–Kier alpha value is -0.960. The highest BCUT2D eigenvalue weighted by atomic mass is 35.5. The van der Waals surface area contributed by atoms with Crippen molar-refractivity contribution in [1.29, 1.82) is 0 Å². The lowest BCUT2D eigenvalue weighted by Crippen LogP contribution is -2.41. The summed E-state index contributed by atoms with van der Waals surface area (Å²) in [5.41, 5.74) is 4.69. The zero-order chi connectivity index (χ0) is 18.3. The number of halogens is 6. The molecule has 0 saturated carbocycles. The van der Waals surface area contributed by atoms with Gasteiger partial charge in [-0.05, 0) is 18.4 Å². The summed E-state index contributed by atoms with van der Waals surface area (Å²) < 4.78 is 37.6. The van der Waals surface area contributed by atoms with Gasteiger partial charge in [0.2, 0.25) is 5.91 Å². The summed E-state index contributed by atoms with van der Waals surface area (Å²) in [5, 5.41) is 5.43. The monoisotopic (exact) mass is 438 g/mol. The number of carbonyl (C=O) groups is 1. The van der Waals surface area contributed by atoms with Crippen LogP contribution in [0.1, 0.15) is 32.3 Å². The van der Waals surface area contributed by atoms with Crippen molar-refractivity contribution in [2.24, 2.45) is 11.7 Å². The molecule has 0 bridgehead atoms. The molecular weight excluding hydrogens is 416 g/mol. The third kappa shape index (κ3) is 9.66. The predicted octanol–water partition coefficient (Wildman–Crippen LogP) is 3.89. The van der Waals surface area contributed by atoms with Crippen molar-refractivity contribution in [2.75, 3.05) is 18.4 Å². The van der Waals surface area contributed by atoms with Crippen molar-refractivity contribution in [3.05, 3.63) is 22.8 Å². The first-order valence-corrected chi connectivity index (χ1v) is 7.97. The van der Waals surface area contributed by atoms with Crippen LogP contribution in [0.25, 0.3) is 0 Å². The van der Waals surface area contributed by atoms with Gasteiger partial charge in [-0.2, -0.15) is 13.2 Å². The zero-order valence-electron chi connectivity index (χ0n) is 14.4. The standard InChI is InChI=1S/C15H22ClF3N4O.2ClH/c1-9(2)5-11(7-20)23-13(24)3-4-21-14-12(16)6-10(8-22-14)15(17,18)19;;/h6,8-9,11H,3-5,7,20H2,1-2H3,(H,21,22)(H,23,24);2*1H. The van der Waals surface area contributed by atoms with E-state index in [0.717, 1.165) is 12.5 Å². The Morgan fingerprint density at radius 3 is 2.42 bits per heavy atom. The molecule has 11 heteroatoms. The summed E-state index contributed by atoms with van der Waals surface area (Å²) in [7, 11) is 0. The second kappa shape index (κ2) is 12.4. The van der Waals surface area contributed by atoms with Crippen LogP contribution in [0.15, 0.2) is 12.3 Å². The van der Waals surface area contributed by atoms with E-state index in [1.54, 1.807) is 0 Å². The first-order valence-electron chi connectivity index (χ1n) is 7.59. The molecule has 4 N–H and O–H groups in total. The number of amides is 1. The van der Waals surface area contributed by atoms with Gasteiger partial charge in [-0.25, -0.2) is 4.98 Å². The number of nitrogens with one attached hydrogen (secondary N) is 2. The average molecular weight is 440 g/mol. The summed E-state index contributed by atoms with van der Waals surface area (Å²) in [4.78, 5) is 15.5. The Morgan fingerprint density at radius 2 is 1.96 bits per heavy atom. The smallest absolute Gasteiger partial charge is 0.368 e. The molecule has 1 aromatic heterocycles. The van der Waals surface area contributed by atoms with E-state index in [4.69, 9.17) is 17.3 Å². The SMILES string of the molecule is CC(C)CC(CN)NC(=O)CCNc1ncc(C(F)(F)F)cc1Cl.Cl.Cl. The van der Waals surface area contributed by atoms with Gasteiger partial charge in [-0.1, -0.05) is 25.4 Å². The fourth-order valence-electron chi connectivity index (χ4n) is 2.10. The van der Waals surface area contributed by atoms with E-state index < -0.39 is 11.7 Å². The summed E-state index contributed by atoms with van der Waals surface area (Å²) >= 11 is 5.77. The van der Waals surface area contributed by atoms with E-state index in [0.29, 0.717) is 18.7 Å². The maximum absolute atomic E-state index is 12.5. The first-order chi connectivity index (χ1) is 11.1. The van der Waals surface area contributed by atoms with E-state index in [1.165, 1.54) is 0 Å². The third-order valence-corrected chi connectivity index (χ3v) is 3.51. The Balaban J connectivity index is 0. The van der Waals surface area contributed by atoms with Crippen molar-refractivity contribution < 1.29 is 18.0 Å². The molecule has 0 radical (unpaired) electrons. The van der Waals surface area contributed by atoms with Crippen molar-refractivity contribution in [2.45, 2.75) is 38.9 Å². The summed E-state index contributed by atoms with van der Waals surface area (Å²) in [5.74, 6) is 0.323. The minimum atomic E-state index is -4.50. The molecule has 0 aromatic carbocycles. The summed E-state index contributed by atoms with van der Waals surface area (Å²) in [6.07, 6.45) is -2.89. The van der Waals surface area contributed by atoms with Crippen LogP contribution in [0.5, 0.6) is 0 Å². The molecule has 0 saturated heterocycles. The summed E-state index contributed by atoms with van der Waals surface area (Å²) in [6.45, 7) is 4.62. The lowest BCUT2D eigenvalue weighted by molar-refractivity contribution is -0.137. The molecule has 1 amide bonds. The Bertz CT molecular complexity index is 559. The number of hydrogen-bond acceptors (Lipinski definition) is 4. The largest absolute Gasteiger partial charge is 0.417 e. The highest BCUT2D eigenvalue weighted by Crippen LogP contribution is 2.32. The predicted molar refractivity (Wildman–Crippen MR) is 102 cm³/mol. The van der Waals surface area contributed by atoms with E-state index in [1.807, 2.05) is 13.8 Å².